The van der Waals surface area contributed by atoms with Crippen molar-refractivity contribution in [3.8, 4) is 0 Å². The number of aliphatic hydroxyl groups is 1. The molecule has 4 aromatic rings. The van der Waals surface area contributed by atoms with Gasteiger partial charge in [0.1, 0.15) is 6.10 Å². The highest BCUT2D eigenvalue weighted by atomic mass is 16.5. The average molecular weight is 517 g/mol. The highest BCUT2D eigenvalue weighted by Gasteiger charge is 2.41. The lowest BCUT2D eigenvalue weighted by atomic mass is 9.91. The minimum absolute atomic E-state index is 0.189. The second-order valence-corrected chi connectivity index (χ2v) is 9.38. The van der Waals surface area contributed by atoms with E-state index in [1.165, 1.54) is 0 Å². The lowest BCUT2D eigenvalue weighted by Crippen LogP contribution is -2.29. The molecule has 0 aliphatic carbocycles. The maximum absolute atomic E-state index is 13.3. The highest BCUT2D eigenvalue weighted by Crippen LogP contribution is 2.44. The van der Waals surface area contributed by atoms with Gasteiger partial charge in [-0.3, -0.25) is 19.7 Å². The number of carboxylic acids is 1. The van der Waals surface area contributed by atoms with Gasteiger partial charge in [-0.1, -0.05) is 36.4 Å². The normalized spacial score (nSPS) is 21.2. The number of fused-ring (bicyclic) bond motifs is 2. The molecule has 0 saturated carbocycles. The lowest BCUT2D eigenvalue weighted by Gasteiger charge is -2.14. The van der Waals surface area contributed by atoms with Crippen molar-refractivity contribution in [2.24, 2.45) is 5.73 Å². The van der Waals surface area contributed by atoms with E-state index in [1.54, 1.807) is 0 Å². The van der Waals surface area contributed by atoms with Crippen LogP contribution in [0.5, 0.6) is 0 Å². The van der Waals surface area contributed by atoms with Crippen LogP contribution in [0.15, 0.2) is 48.5 Å². The molecular formula is C28H28N4O6. The molecule has 10 heteroatoms. The number of hydrogen-bond donors (Lipinski definition) is 6. The van der Waals surface area contributed by atoms with Crippen molar-refractivity contribution in [2.75, 3.05) is 6.54 Å². The zero-order chi connectivity index (χ0) is 27.1. The molecule has 0 bridgehead atoms. The summed E-state index contributed by atoms with van der Waals surface area (Å²) in [4.78, 5) is 42.2. The predicted octanol–water partition coefficient (Wildman–Crippen LogP) is 2.77. The molecule has 38 heavy (non-hydrogen) atoms. The van der Waals surface area contributed by atoms with Gasteiger partial charge in [0, 0.05) is 58.5 Å². The number of rotatable bonds is 4. The Morgan fingerprint density at radius 3 is 2.08 bits per heavy atom. The fourth-order valence-electron chi connectivity index (χ4n) is 5.33. The topological polar surface area (TPSA) is 171 Å². The Balaban J connectivity index is 0.000000689. The molecular weight excluding hydrogens is 488 g/mol. The van der Waals surface area contributed by atoms with E-state index in [9.17, 15) is 14.7 Å². The maximum Gasteiger partial charge on any atom is 0.300 e. The Morgan fingerprint density at radius 2 is 1.50 bits per heavy atom. The van der Waals surface area contributed by atoms with Crippen molar-refractivity contribution in [2.45, 2.75) is 38.6 Å². The molecule has 2 aliphatic rings. The summed E-state index contributed by atoms with van der Waals surface area (Å²) in [6.45, 7) is 3.17. The third kappa shape index (κ3) is 4.28. The molecule has 2 aromatic carbocycles. The van der Waals surface area contributed by atoms with Crippen LogP contribution in [-0.4, -0.2) is 56.7 Å². The molecule has 0 spiro atoms. The fraction of sp³-hybridized carbons (Fsp3) is 0.250. The van der Waals surface area contributed by atoms with Crippen LogP contribution in [-0.2, 0) is 19.1 Å². The number of aryl methyl sites for hydroxylation is 1. The van der Waals surface area contributed by atoms with Gasteiger partial charge in [0.25, 0.3) is 17.8 Å². The predicted molar refractivity (Wildman–Crippen MR) is 142 cm³/mol. The van der Waals surface area contributed by atoms with Gasteiger partial charge >= 0.3 is 0 Å². The van der Waals surface area contributed by atoms with Crippen LogP contribution in [0.4, 0.5) is 0 Å². The number of aliphatic carboxylic acids is 1. The summed E-state index contributed by atoms with van der Waals surface area (Å²) in [6, 6.07) is 15.3. The quantitative estimate of drug-likeness (QED) is 0.226. The summed E-state index contributed by atoms with van der Waals surface area (Å²) in [5.41, 5.74) is 10.9. The van der Waals surface area contributed by atoms with Gasteiger partial charge in [-0.05, 0) is 19.1 Å². The zero-order valence-corrected chi connectivity index (χ0v) is 20.9. The number of carbonyl (C=O) groups is 3. The van der Waals surface area contributed by atoms with Crippen molar-refractivity contribution in [3.05, 3.63) is 71.0 Å². The van der Waals surface area contributed by atoms with E-state index in [-0.39, 0.29) is 6.54 Å². The molecule has 1 saturated heterocycles. The number of hydrogen-bond acceptors (Lipinski definition) is 6. The first-order valence-corrected chi connectivity index (χ1v) is 12.2. The summed E-state index contributed by atoms with van der Waals surface area (Å²) in [7, 11) is 0. The van der Waals surface area contributed by atoms with Crippen molar-refractivity contribution in [3.63, 3.8) is 0 Å². The fourth-order valence-corrected chi connectivity index (χ4v) is 5.33. The Morgan fingerprint density at radius 1 is 0.974 bits per heavy atom. The standard InChI is InChI=1S/C26H24N4O4.C2H4O2/c1-12-20(13-6-2-4-8-15(13)28-12)22-23(26(33)30-25(22)32)21-14-7-3-5-9-16(14)29-24(21)18-10-17(31)19(11-27)34-18;1-2(3)4/h2-9,17-19,28-29,31H,10-11,27H2,1H3,(H,30,32,33);1H3,(H,3,4)/t17-,18+,19-;/m1./s1. The van der Waals surface area contributed by atoms with Crippen LogP contribution in [0.3, 0.4) is 0 Å². The number of benzene rings is 2. The highest BCUT2D eigenvalue weighted by molar-refractivity contribution is 6.51. The summed E-state index contributed by atoms with van der Waals surface area (Å²) < 4.78 is 6.07. The summed E-state index contributed by atoms with van der Waals surface area (Å²) in [5, 5.41) is 22.0. The monoisotopic (exact) mass is 516 g/mol. The number of aliphatic hydroxyl groups excluding tert-OH is 1. The molecule has 0 unspecified atom stereocenters. The Kier molecular flexibility index (Phi) is 6.62. The van der Waals surface area contributed by atoms with Gasteiger partial charge in [-0.25, -0.2) is 0 Å². The number of H-pyrrole nitrogens is 2. The van der Waals surface area contributed by atoms with E-state index in [1.807, 2.05) is 55.5 Å². The number of aromatic nitrogens is 2. The van der Waals surface area contributed by atoms with Gasteiger partial charge in [-0.2, -0.15) is 0 Å². The summed E-state index contributed by atoms with van der Waals surface area (Å²) >= 11 is 0. The van der Waals surface area contributed by atoms with E-state index >= 15 is 0 Å². The Bertz CT molecular complexity index is 1610. The van der Waals surface area contributed by atoms with Crippen LogP contribution in [0.2, 0.25) is 0 Å². The largest absolute Gasteiger partial charge is 0.481 e. The Labute approximate surface area is 217 Å². The van der Waals surface area contributed by atoms with E-state index in [4.69, 9.17) is 20.4 Å². The minimum Gasteiger partial charge on any atom is -0.481 e. The minimum atomic E-state index is -0.833. The van der Waals surface area contributed by atoms with Crippen molar-refractivity contribution >= 4 is 50.7 Å². The third-order valence-electron chi connectivity index (χ3n) is 6.84. The van der Waals surface area contributed by atoms with E-state index < -0.39 is 36.1 Å². The molecule has 7 N–H and O–H groups in total. The first-order chi connectivity index (χ1) is 18.2. The van der Waals surface area contributed by atoms with Crippen molar-refractivity contribution in [1.29, 1.82) is 0 Å². The van der Waals surface area contributed by atoms with Crippen molar-refractivity contribution < 1.29 is 29.3 Å². The number of carboxylic acid groups (broad SMARTS) is 1. The van der Waals surface area contributed by atoms with Crippen LogP contribution in [0.1, 0.15) is 42.0 Å². The number of nitrogens with two attached hydrogens (primary N) is 1. The number of nitrogens with one attached hydrogen (secondary N) is 3. The van der Waals surface area contributed by atoms with Gasteiger partial charge < -0.3 is 30.7 Å². The third-order valence-corrected chi connectivity index (χ3v) is 6.84. The van der Waals surface area contributed by atoms with Crippen LogP contribution >= 0.6 is 0 Å². The van der Waals surface area contributed by atoms with Gasteiger partial charge in [0.15, 0.2) is 0 Å². The number of ether oxygens (including phenoxy) is 1. The summed E-state index contributed by atoms with van der Waals surface area (Å²) in [6.07, 6.45) is -1.36. The van der Waals surface area contributed by atoms with Crippen LogP contribution < -0.4 is 11.1 Å². The molecule has 2 aromatic heterocycles. The molecule has 2 amide bonds. The number of aromatic amines is 2. The molecule has 6 rings (SSSR count). The number of imide groups is 1. The smallest absolute Gasteiger partial charge is 0.300 e. The van der Waals surface area contributed by atoms with E-state index in [0.29, 0.717) is 34.4 Å². The lowest BCUT2D eigenvalue weighted by molar-refractivity contribution is -0.134. The van der Waals surface area contributed by atoms with Gasteiger partial charge in [-0.15, -0.1) is 0 Å². The molecule has 196 valence electrons. The molecule has 3 atom stereocenters. The van der Waals surface area contributed by atoms with Gasteiger partial charge in [0.05, 0.1) is 29.0 Å². The number of amides is 2. The molecule has 2 aliphatic heterocycles. The molecule has 1 fully saturated rings. The van der Waals surface area contributed by atoms with Crippen LogP contribution in [0, 0.1) is 6.92 Å². The zero-order valence-electron chi connectivity index (χ0n) is 20.9. The number of para-hydroxylation sites is 2. The molecule has 0 radical (unpaired) electrons. The molecule has 10 nitrogen and oxygen atoms in total. The maximum atomic E-state index is 13.3. The average Bonchev–Trinajstić information content (AvgIpc) is 3.59. The first kappa shape index (κ1) is 25.4. The van der Waals surface area contributed by atoms with E-state index in [0.717, 1.165) is 34.4 Å². The van der Waals surface area contributed by atoms with Gasteiger partial charge in [0.2, 0.25) is 0 Å². The molecule has 4 heterocycles. The SMILES string of the molecule is CC(=O)O.Cc1[nH]c2ccccc2c1C1=C(c2c([C@@H]3C[C@@H](O)[C@@H](CN)O3)[nH]c3ccccc23)C(=O)NC1=O. The second-order valence-electron chi connectivity index (χ2n) is 9.38. The second kappa shape index (κ2) is 9.90. The number of carbonyl (C=O) groups excluding carboxylic acids is 2. The van der Waals surface area contributed by atoms with E-state index in [2.05, 4.69) is 15.3 Å². The Hall–Kier alpha value is -4.25. The summed E-state index contributed by atoms with van der Waals surface area (Å²) in [5.74, 6) is -1.72. The van der Waals surface area contributed by atoms with Crippen LogP contribution in [0.25, 0.3) is 33.0 Å². The van der Waals surface area contributed by atoms with Crippen molar-refractivity contribution in [1.82, 2.24) is 15.3 Å². The first-order valence-electron chi connectivity index (χ1n) is 12.2.